The van der Waals surface area contributed by atoms with E-state index < -0.39 is 0 Å². The van der Waals surface area contributed by atoms with Crippen LogP contribution in [0.1, 0.15) is 38.2 Å². The van der Waals surface area contributed by atoms with Gasteiger partial charge < -0.3 is 5.32 Å². The van der Waals surface area contributed by atoms with E-state index >= 15 is 0 Å². The fourth-order valence-electron chi connectivity index (χ4n) is 3.71. The predicted octanol–water partition coefficient (Wildman–Crippen LogP) is 3.58. The molecule has 2 aliphatic heterocycles. The molecule has 1 N–H and O–H groups in total. The summed E-state index contributed by atoms with van der Waals surface area (Å²) in [7, 11) is 0. The van der Waals surface area contributed by atoms with Crippen LogP contribution in [0.15, 0.2) is 18.2 Å². The Morgan fingerprint density at radius 2 is 2.00 bits per heavy atom. The van der Waals surface area contributed by atoms with Crippen LogP contribution in [-0.4, -0.2) is 29.6 Å². The highest BCUT2D eigenvalue weighted by molar-refractivity contribution is 6.31. The SMILES string of the molecule is CCN(Cc1c(F)cccc1Cl)C1CC2CCC(C1)N2. The predicted molar refractivity (Wildman–Crippen MR) is 80.5 cm³/mol. The monoisotopic (exact) mass is 296 g/mol. The molecule has 2 heterocycles. The van der Waals surface area contributed by atoms with Crippen LogP contribution in [0.2, 0.25) is 5.02 Å². The Bertz CT molecular complexity index is 447. The third kappa shape index (κ3) is 2.85. The summed E-state index contributed by atoms with van der Waals surface area (Å²) in [5, 5.41) is 4.20. The number of fused-ring (bicyclic) bond motifs is 2. The van der Waals surface area contributed by atoms with Gasteiger partial charge in [0.05, 0.1) is 0 Å². The molecule has 0 aliphatic carbocycles. The number of rotatable bonds is 4. The molecule has 2 fully saturated rings. The van der Waals surface area contributed by atoms with E-state index in [2.05, 4.69) is 17.1 Å². The molecule has 110 valence electrons. The number of piperidine rings is 1. The van der Waals surface area contributed by atoms with Crippen molar-refractivity contribution in [3.05, 3.63) is 34.6 Å². The molecule has 2 atom stereocenters. The fraction of sp³-hybridized carbons (Fsp3) is 0.625. The average Bonchev–Trinajstić information content (AvgIpc) is 2.77. The molecular formula is C16H22ClFN2. The first-order chi connectivity index (χ1) is 9.67. The van der Waals surface area contributed by atoms with Gasteiger partial charge in [-0.2, -0.15) is 0 Å². The lowest BCUT2D eigenvalue weighted by Gasteiger charge is -2.37. The van der Waals surface area contributed by atoms with Crippen molar-refractivity contribution in [1.29, 1.82) is 0 Å². The number of nitrogens with zero attached hydrogens (tertiary/aromatic N) is 1. The van der Waals surface area contributed by atoms with Crippen LogP contribution in [-0.2, 0) is 6.54 Å². The molecule has 0 amide bonds. The summed E-state index contributed by atoms with van der Waals surface area (Å²) >= 11 is 6.16. The molecule has 2 saturated heterocycles. The lowest BCUT2D eigenvalue weighted by Crippen LogP contribution is -2.48. The molecule has 0 aromatic heterocycles. The Hall–Kier alpha value is -0.640. The van der Waals surface area contributed by atoms with Crippen LogP contribution < -0.4 is 5.32 Å². The van der Waals surface area contributed by atoms with E-state index in [0.29, 0.717) is 35.3 Å². The van der Waals surface area contributed by atoms with Gasteiger partial charge in [-0.05, 0) is 44.4 Å². The summed E-state index contributed by atoms with van der Waals surface area (Å²) in [5.74, 6) is -0.187. The summed E-state index contributed by atoms with van der Waals surface area (Å²) in [6.45, 7) is 3.71. The normalized spacial score (nSPS) is 29.1. The highest BCUT2D eigenvalue weighted by atomic mass is 35.5. The van der Waals surface area contributed by atoms with Gasteiger partial charge in [0, 0.05) is 35.3 Å². The highest BCUT2D eigenvalue weighted by Gasteiger charge is 2.35. The minimum atomic E-state index is -0.187. The van der Waals surface area contributed by atoms with Crippen molar-refractivity contribution < 1.29 is 4.39 Å². The van der Waals surface area contributed by atoms with Crippen molar-refractivity contribution in [2.45, 2.75) is 57.3 Å². The molecule has 20 heavy (non-hydrogen) atoms. The Labute approximate surface area is 125 Å². The Morgan fingerprint density at radius 3 is 2.60 bits per heavy atom. The van der Waals surface area contributed by atoms with E-state index in [0.717, 1.165) is 6.54 Å². The molecule has 1 aromatic carbocycles. The summed E-state index contributed by atoms with van der Waals surface area (Å²) in [6, 6.07) is 6.81. The molecule has 2 nitrogen and oxygen atoms in total. The number of benzene rings is 1. The second-order valence-electron chi connectivity index (χ2n) is 6.03. The van der Waals surface area contributed by atoms with Gasteiger partial charge in [0.25, 0.3) is 0 Å². The van der Waals surface area contributed by atoms with Crippen LogP contribution in [0, 0.1) is 5.82 Å². The minimum absolute atomic E-state index is 0.187. The van der Waals surface area contributed by atoms with Crippen LogP contribution >= 0.6 is 11.6 Å². The smallest absolute Gasteiger partial charge is 0.129 e. The first kappa shape index (κ1) is 14.3. The zero-order chi connectivity index (χ0) is 14.1. The molecular weight excluding hydrogens is 275 g/mol. The standard InChI is InChI=1S/C16H22ClFN2/c1-2-20(10-14-15(17)4-3-5-16(14)18)13-8-11-6-7-12(9-13)19-11/h3-5,11-13,19H,2,6-10H2,1H3. The first-order valence-corrected chi connectivity index (χ1v) is 7.98. The molecule has 4 heteroatoms. The van der Waals surface area contributed by atoms with Crippen molar-refractivity contribution in [3.8, 4) is 0 Å². The molecule has 0 radical (unpaired) electrons. The molecule has 2 bridgehead atoms. The topological polar surface area (TPSA) is 15.3 Å². The van der Waals surface area contributed by atoms with Gasteiger partial charge >= 0.3 is 0 Å². The van der Waals surface area contributed by atoms with E-state index in [1.807, 2.05) is 0 Å². The Kier molecular flexibility index (Phi) is 4.29. The number of hydrogen-bond acceptors (Lipinski definition) is 2. The van der Waals surface area contributed by atoms with E-state index in [4.69, 9.17) is 11.6 Å². The molecule has 1 aromatic rings. The second kappa shape index (κ2) is 6.00. The highest BCUT2D eigenvalue weighted by Crippen LogP contribution is 2.31. The summed E-state index contributed by atoms with van der Waals surface area (Å²) in [6.07, 6.45) is 4.94. The van der Waals surface area contributed by atoms with Gasteiger partial charge in [-0.15, -0.1) is 0 Å². The summed E-state index contributed by atoms with van der Waals surface area (Å²) < 4.78 is 14.0. The van der Waals surface area contributed by atoms with Gasteiger partial charge in [-0.1, -0.05) is 24.6 Å². The number of nitrogens with one attached hydrogen (secondary N) is 1. The van der Waals surface area contributed by atoms with E-state index in [1.165, 1.54) is 31.7 Å². The quantitative estimate of drug-likeness (QED) is 0.913. The molecule has 3 rings (SSSR count). The zero-order valence-electron chi connectivity index (χ0n) is 11.9. The molecule has 2 aliphatic rings. The average molecular weight is 297 g/mol. The van der Waals surface area contributed by atoms with Crippen LogP contribution in [0.5, 0.6) is 0 Å². The first-order valence-electron chi connectivity index (χ1n) is 7.60. The lowest BCUT2D eigenvalue weighted by molar-refractivity contribution is 0.139. The van der Waals surface area contributed by atoms with Gasteiger partial charge in [-0.3, -0.25) is 4.90 Å². The maximum absolute atomic E-state index is 14.0. The van der Waals surface area contributed by atoms with Gasteiger partial charge in [0.2, 0.25) is 0 Å². The van der Waals surface area contributed by atoms with Crippen molar-refractivity contribution in [2.24, 2.45) is 0 Å². The third-order valence-corrected chi connectivity index (χ3v) is 5.15. The lowest BCUT2D eigenvalue weighted by atomic mass is 9.97. The van der Waals surface area contributed by atoms with Crippen molar-refractivity contribution >= 4 is 11.6 Å². The van der Waals surface area contributed by atoms with Crippen molar-refractivity contribution in [2.75, 3.05) is 6.54 Å². The molecule has 0 spiro atoms. The number of hydrogen-bond donors (Lipinski definition) is 1. The van der Waals surface area contributed by atoms with Crippen molar-refractivity contribution in [1.82, 2.24) is 10.2 Å². The second-order valence-corrected chi connectivity index (χ2v) is 6.43. The maximum atomic E-state index is 14.0. The van der Waals surface area contributed by atoms with Crippen molar-refractivity contribution in [3.63, 3.8) is 0 Å². The van der Waals surface area contributed by atoms with Crippen LogP contribution in [0.3, 0.4) is 0 Å². The number of halogens is 2. The Balaban J connectivity index is 1.74. The van der Waals surface area contributed by atoms with E-state index in [9.17, 15) is 4.39 Å². The Morgan fingerprint density at radius 1 is 1.30 bits per heavy atom. The van der Waals surface area contributed by atoms with Crippen LogP contribution in [0.25, 0.3) is 0 Å². The molecule has 0 saturated carbocycles. The van der Waals surface area contributed by atoms with E-state index in [-0.39, 0.29) is 5.82 Å². The van der Waals surface area contributed by atoms with Gasteiger partial charge in [0.1, 0.15) is 5.82 Å². The van der Waals surface area contributed by atoms with Gasteiger partial charge in [-0.25, -0.2) is 4.39 Å². The maximum Gasteiger partial charge on any atom is 0.129 e. The van der Waals surface area contributed by atoms with Gasteiger partial charge in [0.15, 0.2) is 0 Å². The third-order valence-electron chi connectivity index (χ3n) is 4.79. The molecule has 2 unspecified atom stereocenters. The summed E-state index contributed by atoms with van der Waals surface area (Å²) in [5.41, 5.74) is 0.641. The fourth-order valence-corrected chi connectivity index (χ4v) is 3.93. The van der Waals surface area contributed by atoms with Crippen LogP contribution in [0.4, 0.5) is 4.39 Å². The summed E-state index contributed by atoms with van der Waals surface area (Å²) in [4.78, 5) is 2.39. The van der Waals surface area contributed by atoms with E-state index in [1.54, 1.807) is 12.1 Å². The minimum Gasteiger partial charge on any atom is -0.311 e. The largest absolute Gasteiger partial charge is 0.311 e. The zero-order valence-corrected chi connectivity index (χ0v) is 12.7.